The number of fused-ring (bicyclic) bond motifs is 3. The van der Waals surface area contributed by atoms with Crippen LogP contribution in [0.25, 0.3) is 5.69 Å². The quantitative estimate of drug-likeness (QED) is 0.397. The van der Waals surface area contributed by atoms with Crippen molar-refractivity contribution >= 4 is 17.7 Å². The molecule has 9 nitrogen and oxygen atoms in total. The summed E-state index contributed by atoms with van der Waals surface area (Å²) < 4.78 is 13.7. The molecular formula is C29H37ClN6O3. The Morgan fingerprint density at radius 1 is 1.08 bits per heavy atom. The minimum absolute atomic E-state index is 0.128. The molecule has 2 aliphatic rings. The highest BCUT2D eigenvalue weighted by molar-refractivity contribution is 6.30. The van der Waals surface area contributed by atoms with E-state index in [2.05, 4.69) is 31.3 Å². The van der Waals surface area contributed by atoms with Gasteiger partial charge in [0.2, 0.25) is 5.88 Å². The Labute approximate surface area is 234 Å². The number of carbonyl (C=O) groups is 1. The van der Waals surface area contributed by atoms with Gasteiger partial charge in [-0.05, 0) is 82.7 Å². The number of nitrogens with zero attached hydrogens (tertiary/aromatic N) is 4. The lowest BCUT2D eigenvalue weighted by Crippen LogP contribution is -2.40. The highest BCUT2D eigenvalue weighted by Crippen LogP contribution is 2.37. The number of ether oxygens (including phenoxy) is 2. The highest BCUT2D eigenvalue weighted by Gasteiger charge is 2.31. The summed E-state index contributed by atoms with van der Waals surface area (Å²) in [5.41, 5.74) is 1.74. The van der Waals surface area contributed by atoms with E-state index in [0.717, 1.165) is 61.4 Å². The smallest absolute Gasteiger partial charge is 0.407 e. The zero-order chi connectivity index (χ0) is 27.4. The van der Waals surface area contributed by atoms with Crippen LogP contribution in [0.2, 0.25) is 5.02 Å². The molecule has 3 heterocycles. The normalized spacial score (nSPS) is 20.9. The Balaban J connectivity index is 1.26. The van der Waals surface area contributed by atoms with E-state index in [-0.39, 0.29) is 12.1 Å². The van der Waals surface area contributed by atoms with Crippen LogP contribution >= 0.6 is 11.6 Å². The SMILES string of the molecule is CC(C)(C)OC(=O)NCCN[C@@H]1Cc2cc(Cl)ccc2-n2c(nnc2C2CCC(Oc3ccccn3)CC2)C1. The molecule has 1 aliphatic carbocycles. The Bertz CT molecular complexity index is 1270. The summed E-state index contributed by atoms with van der Waals surface area (Å²) >= 11 is 6.42. The monoisotopic (exact) mass is 552 g/mol. The van der Waals surface area contributed by atoms with Crippen molar-refractivity contribution in [2.24, 2.45) is 0 Å². The first-order chi connectivity index (χ1) is 18.7. The number of aromatic nitrogens is 4. The third kappa shape index (κ3) is 7.08. The van der Waals surface area contributed by atoms with E-state index in [1.807, 2.05) is 51.1 Å². The van der Waals surface area contributed by atoms with Gasteiger partial charge in [-0.15, -0.1) is 10.2 Å². The maximum atomic E-state index is 12.0. The molecule has 0 bridgehead atoms. The van der Waals surface area contributed by atoms with Gasteiger partial charge in [0.15, 0.2) is 0 Å². The van der Waals surface area contributed by atoms with Crippen LogP contribution < -0.4 is 15.4 Å². The second-order valence-corrected chi connectivity index (χ2v) is 11.8. The van der Waals surface area contributed by atoms with Crippen molar-refractivity contribution in [2.45, 2.75) is 83.0 Å². The summed E-state index contributed by atoms with van der Waals surface area (Å²) in [7, 11) is 0. The number of halogens is 1. The standard InChI is InChI=1S/C29H37ClN6O3/c1-29(2,3)39-28(37)33-15-14-31-22-17-20-16-21(30)9-12-24(20)36-25(18-22)34-35-27(36)19-7-10-23(11-8-19)38-26-6-4-5-13-32-26/h4-6,9,12-13,16,19,22-23,31H,7-8,10-11,14-15,17-18H2,1-3H3,(H,33,37)/t19?,22-,23?/m1/s1. The zero-order valence-corrected chi connectivity index (χ0v) is 23.6. The Kier molecular flexibility index (Phi) is 8.37. The minimum atomic E-state index is -0.519. The lowest BCUT2D eigenvalue weighted by molar-refractivity contribution is 0.0528. The fourth-order valence-corrected chi connectivity index (χ4v) is 5.60. The predicted octanol–water partition coefficient (Wildman–Crippen LogP) is 5.00. The van der Waals surface area contributed by atoms with Gasteiger partial charge in [-0.2, -0.15) is 0 Å². The molecule has 1 atom stereocenters. The molecule has 3 aromatic rings. The van der Waals surface area contributed by atoms with Crippen molar-refractivity contribution < 1.29 is 14.3 Å². The van der Waals surface area contributed by atoms with Crippen molar-refractivity contribution in [3.63, 3.8) is 0 Å². The average molecular weight is 553 g/mol. The molecule has 1 aliphatic heterocycles. The molecule has 0 unspecified atom stereocenters. The number of hydrogen-bond acceptors (Lipinski definition) is 7. The Morgan fingerprint density at radius 3 is 2.64 bits per heavy atom. The molecule has 1 amide bonds. The average Bonchev–Trinajstić information content (AvgIpc) is 3.23. The molecule has 2 aromatic heterocycles. The molecule has 39 heavy (non-hydrogen) atoms. The van der Waals surface area contributed by atoms with Crippen LogP contribution in [0.5, 0.6) is 5.88 Å². The van der Waals surface area contributed by atoms with Crippen LogP contribution in [0.1, 0.15) is 69.6 Å². The fraction of sp³-hybridized carbons (Fsp3) is 0.517. The highest BCUT2D eigenvalue weighted by atomic mass is 35.5. The third-order valence-corrected chi connectivity index (χ3v) is 7.36. The van der Waals surface area contributed by atoms with Crippen molar-refractivity contribution in [3.8, 4) is 11.6 Å². The lowest BCUT2D eigenvalue weighted by Gasteiger charge is -2.28. The molecule has 1 saturated carbocycles. The summed E-state index contributed by atoms with van der Waals surface area (Å²) in [6.45, 7) is 6.64. The van der Waals surface area contributed by atoms with Gasteiger partial charge >= 0.3 is 6.09 Å². The number of rotatable bonds is 7. The number of nitrogens with one attached hydrogen (secondary N) is 2. The van der Waals surface area contributed by atoms with Gasteiger partial charge in [0, 0.05) is 48.8 Å². The first kappa shape index (κ1) is 27.4. The second-order valence-electron chi connectivity index (χ2n) is 11.3. The van der Waals surface area contributed by atoms with E-state index in [1.165, 1.54) is 0 Å². The van der Waals surface area contributed by atoms with Crippen molar-refractivity contribution in [2.75, 3.05) is 13.1 Å². The molecule has 10 heteroatoms. The van der Waals surface area contributed by atoms with Gasteiger partial charge in [0.05, 0.1) is 5.69 Å². The topological polar surface area (TPSA) is 103 Å². The molecule has 0 saturated heterocycles. The molecule has 208 valence electrons. The largest absolute Gasteiger partial charge is 0.474 e. The van der Waals surface area contributed by atoms with Gasteiger partial charge in [-0.25, -0.2) is 9.78 Å². The second kappa shape index (κ2) is 11.9. The number of hydrogen-bond donors (Lipinski definition) is 2. The van der Waals surface area contributed by atoms with E-state index in [0.29, 0.717) is 29.9 Å². The first-order valence-electron chi connectivity index (χ1n) is 13.8. The van der Waals surface area contributed by atoms with Gasteiger partial charge in [-0.3, -0.25) is 4.57 Å². The van der Waals surface area contributed by atoms with Crippen LogP contribution in [-0.4, -0.2) is 56.7 Å². The van der Waals surface area contributed by atoms with Crippen molar-refractivity contribution in [1.29, 1.82) is 0 Å². The van der Waals surface area contributed by atoms with Gasteiger partial charge < -0.3 is 20.1 Å². The summed E-state index contributed by atoms with van der Waals surface area (Å²) in [6, 6.07) is 11.9. The van der Waals surface area contributed by atoms with Crippen molar-refractivity contribution in [3.05, 3.63) is 64.8 Å². The summed E-state index contributed by atoms with van der Waals surface area (Å²) in [5, 5.41) is 16.5. The van der Waals surface area contributed by atoms with E-state index in [4.69, 9.17) is 26.2 Å². The van der Waals surface area contributed by atoms with E-state index in [1.54, 1.807) is 6.20 Å². The Hall–Kier alpha value is -3.17. The summed E-state index contributed by atoms with van der Waals surface area (Å²) in [6.07, 6.45) is 6.91. The van der Waals surface area contributed by atoms with Gasteiger partial charge in [0.25, 0.3) is 0 Å². The molecule has 1 fully saturated rings. The Morgan fingerprint density at radius 2 is 1.90 bits per heavy atom. The molecule has 0 spiro atoms. The van der Waals surface area contributed by atoms with Crippen LogP contribution in [-0.2, 0) is 17.6 Å². The summed E-state index contributed by atoms with van der Waals surface area (Å²) in [5.74, 6) is 2.94. The zero-order valence-electron chi connectivity index (χ0n) is 22.8. The summed E-state index contributed by atoms with van der Waals surface area (Å²) in [4.78, 5) is 16.3. The molecule has 5 rings (SSSR count). The number of alkyl carbamates (subject to hydrolysis) is 1. The lowest BCUT2D eigenvalue weighted by atomic mass is 9.86. The minimum Gasteiger partial charge on any atom is -0.474 e. The van der Waals surface area contributed by atoms with E-state index < -0.39 is 11.7 Å². The van der Waals surface area contributed by atoms with Gasteiger partial charge in [0.1, 0.15) is 23.4 Å². The van der Waals surface area contributed by atoms with Crippen LogP contribution in [0.15, 0.2) is 42.6 Å². The van der Waals surface area contributed by atoms with Crippen LogP contribution in [0.4, 0.5) is 4.79 Å². The van der Waals surface area contributed by atoms with Crippen molar-refractivity contribution in [1.82, 2.24) is 30.4 Å². The molecule has 1 aromatic carbocycles. The van der Waals surface area contributed by atoms with E-state index in [9.17, 15) is 4.79 Å². The number of pyridine rings is 1. The first-order valence-corrected chi connectivity index (χ1v) is 14.1. The maximum Gasteiger partial charge on any atom is 0.407 e. The fourth-order valence-electron chi connectivity index (χ4n) is 5.41. The predicted molar refractivity (Wildman–Crippen MR) is 150 cm³/mol. The van der Waals surface area contributed by atoms with E-state index >= 15 is 0 Å². The maximum absolute atomic E-state index is 12.0. The third-order valence-electron chi connectivity index (χ3n) is 7.12. The molecule has 2 N–H and O–H groups in total. The number of benzene rings is 1. The molecule has 0 radical (unpaired) electrons. The number of amides is 1. The van der Waals surface area contributed by atoms with Crippen LogP contribution in [0.3, 0.4) is 0 Å². The van der Waals surface area contributed by atoms with Gasteiger partial charge in [-0.1, -0.05) is 17.7 Å². The van der Waals surface area contributed by atoms with Crippen LogP contribution in [0, 0.1) is 0 Å². The number of carbonyl (C=O) groups excluding carboxylic acids is 1. The molecular weight excluding hydrogens is 516 g/mol.